The summed E-state index contributed by atoms with van der Waals surface area (Å²) >= 11 is 0. The maximum absolute atomic E-state index is 13.3. The number of carbonyl (C=O) groups excluding carboxylic acids is 1. The lowest BCUT2D eigenvalue weighted by Crippen LogP contribution is -2.24. The first-order valence-corrected chi connectivity index (χ1v) is 4.69. The molecule has 3 heteroatoms. The van der Waals surface area contributed by atoms with Gasteiger partial charge in [0.25, 0.3) is 5.91 Å². The van der Waals surface area contributed by atoms with Crippen LogP contribution in [-0.2, 0) is 0 Å². The van der Waals surface area contributed by atoms with Crippen molar-refractivity contribution in [3.8, 4) is 0 Å². The van der Waals surface area contributed by atoms with Crippen molar-refractivity contribution >= 4 is 5.91 Å². The van der Waals surface area contributed by atoms with E-state index < -0.39 is 5.82 Å². The lowest BCUT2D eigenvalue weighted by Gasteiger charge is -2.04. The summed E-state index contributed by atoms with van der Waals surface area (Å²) < 4.78 is 13.3. The van der Waals surface area contributed by atoms with Crippen LogP contribution in [0.15, 0.2) is 18.2 Å². The van der Waals surface area contributed by atoms with Crippen LogP contribution in [0.3, 0.4) is 0 Å². The van der Waals surface area contributed by atoms with Gasteiger partial charge < -0.3 is 5.32 Å². The summed E-state index contributed by atoms with van der Waals surface area (Å²) in [5.74, 6) is -0.803. The van der Waals surface area contributed by atoms with E-state index in [1.54, 1.807) is 13.0 Å². The molecule has 0 bridgehead atoms. The minimum absolute atomic E-state index is 0.115. The normalized spacial score (nSPS) is 9.93. The number of rotatable bonds is 3. The van der Waals surface area contributed by atoms with Gasteiger partial charge >= 0.3 is 0 Å². The molecule has 76 valence electrons. The van der Waals surface area contributed by atoms with Crippen LogP contribution >= 0.6 is 0 Å². The minimum Gasteiger partial charge on any atom is -0.352 e. The predicted octanol–water partition coefficient (Wildman–Crippen LogP) is 2.27. The average Bonchev–Trinajstić information content (AvgIpc) is 2.14. The smallest absolute Gasteiger partial charge is 0.254 e. The second-order valence-electron chi connectivity index (χ2n) is 3.24. The summed E-state index contributed by atoms with van der Waals surface area (Å²) in [4.78, 5) is 11.4. The maximum Gasteiger partial charge on any atom is 0.254 e. The molecule has 1 N–H and O–H groups in total. The first-order valence-electron chi connectivity index (χ1n) is 4.69. The molecule has 0 atom stereocenters. The molecule has 1 amide bonds. The van der Waals surface area contributed by atoms with Crippen molar-refractivity contribution in [1.29, 1.82) is 0 Å². The molecule has 0 aliphatic carbocycles. The van der Waals surface area contributed by atoms with E-state index in [0.717, 1.165) is 12.0 Å². The Bertz CT molecular complexity index is 336. The maximum atomic E-state index is 13.3. The van der Waals surface area contributed by atoms with Crippen molar-refractivity contribution in [2.45, 2.75) is 20.3 Å². The van der Waals surface area contributed by atoms with Crippen molar-refractivity contribution in [3.05, 3.63) is 35.1 Å². The number of benzene rings is 1. The van der Waals surface area contributed by atoms with E-state index in [2.05, 4.69) is 5.32 Å². The first kappa shape index (κ1) is 10.7. The molecule has 0 unspecified atom stereocenters. The van der Waals surface area contributed by atoms with Crippen LogP contribution in [-0.4, -0.2) is 12.5 Å². The van der Waals surface area contributed by atoms with Crippen LogP contribution in [0.1, 0.15) is 29.3 Å². The van der Waals surface area contributed by atoms with E-state index >= 15 is 0 Å². The molecular formula is C11H14FNO. The van der Waals surface area contributed by atoms with E-state index in [0.29, 0.717) is 6.54 Å². The molecule has 0 aliphatic rings. The molecule has 2 nitrogen and oxygen atoms in total. The van der Waals surface area contributed by atoms with Gasteiger partial charge in [-0.05, 0) is 31.0 Å². The Balaban J connectivity index is 2.80. The molecule has 1 rings (SSSR count). The van der Waals surface area contributed by atoms with Crippen LogP contribution in [0.4, 0.5) is 4.39 Å². The quantitative estimate of drug-likeness (QED) is 0.787. The fourth-order valence-corrected chi connectivity index (χ4v) is 1.14. The largest absolute Gasteiger partial charge is 0.352 e. The first-order chi connectivity index (χ1) is 6.65. The minimum atomic E-state index is -0.460. The van der Waals surface area contributed by atoms with Gasteiger partial charge in [0.2, 0.25) is 0 Å². The van der Waals surface area contributed by atoms with E-state index in [1.807, 2.05) is 6.92 Å². The fraction of sp³-hybridized carbons (Fsp3) is 0.364. The van der Waals surface area contributed by atoms with Gasteiger partial charge in [0, 0.05) is 6.54 Å². The molecular weight excluding hydrogens is 181 g/mol. The number of amides is 1. The Kier molecular flexibility index (Phi) is 3.63. The molecule has 0 aliphatic heterocycles. The van der Waals surface area contributed by atoms with Crippen molar-refractivity contribution < 1.29 is 9.18 Å². The molecule has 1 aromatic carbocycles. The van der Waals surface area contributed by atoms with Gasteiger partial charge in [-0.2, -0.15) is 0 Å². The number of halogens is 1. The Morgan fingerprint density at radius 1 is 1.50 bits per heavy atom. The molecule has 0 radical (unpaired) electrons. The molecule has 0 saturated heterocycles. The molecule has 0 fully saturated rings. The highest BCUT2D eigenvalue weighted by molar-refractivity contribution is 5.94. The van der Waals surface area contributed by atoms with Gasteiger partial charge in [-0.3, -0.25) is 4.79 Å². The van der Waals surface area contributed by atoms with E-state index in [1.165, 1.54) is 12.1 Å². The van der Waals surface area contributed by atoms with E-state index in [9.17, 15) is 9.18 Å². The third-order valence-electron chi connectivity index (χ3n) is 1.90. The Hall–Kier alpha value is -1.38. The van der Waals surface area contributed by atoms with Crippen molar-refractivity contribution in [2.75, 3.05) is 6.54 Å². The van der Waals surface area contributed by atoms with Crippen LogP contribution in [0.5, 0.6) is 0 Å². The molecule has 14 heavy (non-hydrogen) atoms. The number of hydrogen-bond donors (Lipinski definition) is 1. The van der Waals surface area contributed by atoms with Crippen molar-refractivity contribution in [1.82, 2.24) is 5.32 Å². The summed E-state index contributed by atoms with van der Waals surface area (Å²) in [6.45, 7) is 4.31. The Morgan fingerprint density at radius 2 is 2.21 bits per heavy atom. The van der Waals surface area contributed by atoms with Crippen LogP contribution in [0, 0.1) is 12.7 Å². The lowest BCUT2D eigenvalue weighted by atomic mass is 10.1. The van der Waals surface area contributed by atoms with Gasteiger partial charge in [0.15, 0.2) is 0 Å². The number of nitrogens with one attached hydrogen (secondary N) is 1. The van der Waals surface area contributed by atoms with Gasteiger partial charge in [0.05, 0.1) is 5.56 Å². The second kappa shape index (κ2) is 4.74. The molecule has 0 saturated carbocycles. The Labute approximate surface area is 83.1 Å². The van der Waals surface area contributed by atoms with Crippen LogP contribution in [0.25, 0.3) is 0 Å². The third-order valence-corrected chi connectivity index (χ3v) is 1.90. The Morgan fingerprint density at radius 3 is 2.79 bits per heavy atom. The highest BCUT2D eigenvalue weighted by Crippen LogP contribution is 2.09. The van der Waals surface area contributed by atoms with Gasteiger partial charge in [0.1, 0.15) is 5.82 Å². The lowest BCUT2D eigenvalue weighted by molar-refractivity contribution is 0.0949. The third kappa shape index (κ3) is 2.55. The average molecular weight is 195 g/mol. The summed E-state index contributed by atoms with van der Waals surface area (Å²) in [5, 5.41) is 2.63. The summed E-state index contributed by atoms with van der Waals surface area (Å²) in [6.07, 6.45) is 0.846. The van der Waals surface area contributed by atoms with Crippen LogP contribution < -0.4 is 5.32 Å². The molecule has 0 heterocycles. The number of carbonyl (C=O) groups is 1. The summed E-state index contributed by atoms with van der Waals surface area (Å²) in [5.41, 5.74) is 0.929. The molecule has 0 spiro atoms. The zero-order valence-electron chi connectivity index (χ0n) is 8.43. The number of hydrogen-bond acceptors (Lipinski definition) is 1. The zero-order valence-corrected chi connectivity index (χ0v) is 8.43. The summed E-state index contributed by atoms with van der Waals surface area (Å²) in [6, 6.07) is 4.60. The standard InChI is InChI=1S/C11H14FNO/c1-3-6-13-11(14)9-5-4-8(2)7-10(9)12/h4-5,7H,3,6H2,1-2H3,(H,13,14). The second-order valence-corrected chi connectivity index (χ2v) is 3.24. The SMILES string of the molecule is CCCNC(=O)c1ccc(C)cc1F. The predicted molar refractivity (Wildman–Crippen MR) is 53.8 cm³/mol. The highest BCUT2D eigenvalue weighted by Gasteiger charge is 2.09. The van der Waals surface area contributed by atoms with E-state index in [4.69, 9.17) is 0 Å². The zero-order chi connectivity index (χ0) is 10.6. The van der Waals surface area contributed by atoms with Gasteiger partial charge in [-0.15, -0.1) is 0 Å². The molecule has 1 aromatic rings. The van der Waals surface area contributed by atoms with Crippen molar-refractivity contribution in [3.63, 3.8) is 0 Å². The van der Waals surface area contributed by atoms with Crippen LogP contribution in [0.2, 0.25) is 0 Å². The molecule has 0 aromatic heterocycles. The topological polar surface area (TPSA) is 29.1 Å². The highest BCUT2D eigenvalue weighted by atomic mass is 19.1. The summed E-state index contributed by atoms with van der Waals surface area (Å²) in [7, 11) is 0. The van der Waals surface area contributed by atoms with Gasteiger partial charge in [-0.1, -0.05) is 13.0 Å². The number of aryl methyl sites for hydroxylation is 1. The monoisotopic (exact) mass is 195 g/mol. The van der Waals surface area contributed by atoms with Crippen molar-refractivity contribution in [2.24, 2.45) is 0 Å². The van der Waals surface area contributed by atoms with E-state index in [-0.39, 0.29) is 11.5 Å². The van der Waals surface area contributed by atoms with Gasteiger partial charge in [-0.25, -0.2) is 4.39 Å². The fourth-order valence-electron chi connectivity index (χ4n) is 1.14.